The van der Waals surface area contributed by atoms with Gasteiger partial charge in [0, 0.05) is 19.2 Å². The molecule has 0 aliphatic carbocycles. The molecule has 0 saturated carbocycles. The third-order valence-electron chi connectivity index (χ3n) is 4.89. The van der Waals surface area contributed by atoms with Crippen molar-refractivity contribution < 1.29 is 18.7 Å². The van der Waals surface area contributed by atoms with E-state index in [1.165, 1.54) is 23.4 Å². The molecule has 12 nitrogen and oxygen atoms in total. The van der Waals surface area contributed by atoms with Crippen molar-refractivity contribution in [3.63, 3.8) is 0 Å². The lowest BCUT2D eigenvalue weighted by Crippen LogP contribution is -2.38. The quantitative estimate of drug-likeness (QED) is 0.284. The Morgan fingerprint density at radius 1 is 1.24 bits per heavy atom. The molecule has 0 saturated heterocycles. The average molecular weight is 474 g/mol. The summed E-state index contributed by atoms with van der Waals surface area (Å²) in [5.74, 6) is -1.31. The van der Waals surface area contributed by atoms with Gasteiger partial charge in [-0.3, -0.25) is 4.79 Å². The minimum atomic E-state index is -0.846. The van der Waals surface area contributed by atoms with Gasteiger partial charge in [0.25, 0.3) is 5.91 Å². The number of ether oxygens (including phenoxy) is 2. The highest BCUT2D eigenvalue weighted by Gasteiger charge is 2.20. The first-order valence-corrected chi connectivity index (χ1v) is 10.6. The van der Waals surface area contributed by atoms with Gasteiger partial charge in [0.15, 0.2) is 11.6 Å². The van der Waals surface area contributed by atoms with E-state index in [0.717, 1.165) is 6.07 Å². The van der Waals surface area contributed by atoms with Crippen LogP contribution in [0.4, 0.5) is 21.7 Å². The number of halogens is 1. The number of nitrogens with two attached hydrogens (primary N) is 2. The largest absolute Gasteiger partial charge is 0.474 e. The number of primary amides is 1. The van der Waals surface area contributed by atoms with E-state index in [9.17, 15) is 9.18 Å². The van der Waals surface area contributed by atoms with Crippen LogP contribution in [0.5, 0.6) is 5.88 Å². The van der Waals surface area contributed by atoms with E-state index < -0.39 is 11.7 Å². The monoisotopic (exact) mass is 473 g/mol. The van der Waals surface area contributed by atoms with Crippen LogP contribution in [0.2, 0.25) is 0 Å². The van der Waals surface area contributed by atoms with Gasteiger partial charge in [-0.15, -0.1) is 4.80 Å². The zero-order chi connectivity index (χ0) is 24.7. The summed E-state index contributed by atoms with van der Waals surface area (Å²) in [6, 6.07) is 2.20. The number of rotatable bonds is 12. The number of anilines is 3. The molecule has 0 spiro atoms. The van der Waals surface area contributed by atoms with Gasteiger partial charge in [0.05, 0.1) is 36.4 Å². The van der Waals surface area contributed by atoms with Crippen molar-refractivity contribution in [3.8, 4) is 11.6 Å². The average Bonchev–Trinajstić information content (AvgIpc) is 3.34. The highest BCUT2D eigenvalue weighted by atomic mass is 19.1. The van der Waals surface area contributed by atoms with Gasteiger partial charge in [0.1, 0.15) is 18.1 Å². The van der Waals surface area contributed by atoms with Crippen LogP contribution in [0.3, 0.4) is 0 Å². The molecule has 0 aliphatic rings. The summed E-state index contributed by atoms with van der Waals surface area (Å²) in [5.41, 5.74) is 12.1. The fraction of sp³-hybridized carbons (Fsp3) is 0.381. The topological polar surface area (TPSA) is 168 Å². The first kappa shape index (κ1) is 24.8. The second kappa shape index (κ2) is 11.3. The van der Waals surface area contributed by atoms with Crippen LogP contribution in [0.15, 0.2) is 30.7 Å². The molecule has 1 amide bonds. The van der Waals surface area contributed by atoms with Crippen LogP contribution in [-0.4, -0.2) is 63.3 Å². The molecular weight excluding hydrogens is 445 g/mol. The summed E-state index contributed by atoms with van der Waals surface area (Å²) in [6.07, 6.45) is 5.13. The van der Waals surface area contributed by atoms with Crippen LogP contribution in [0, 0.1) is 5.82 Å². The third-order valence-corrected chi connectivity index (χ3v) is 4.89. The lowest BCUT2D eigenvalue weighted by Gasteiger charge is -2.22. The van der Waals surface area contributed by atoms with E-state index in [-0.39, 0.29) is 41.8 Å². The molecule has 2 atom stereocenters. The molecule has 3 rings (SSSR count). The van der Waals surface area contributed by atoms with Crippen LogP contribution in [-0.2, 0) is 4.74 Å². The van der Waals surface area contributed by atoms with Gasteiger partial charge in [-0.2, -0.15) is 10.2 Å². The first-order valence-electron chi connectivity index (χ1n) is 10.6. The normalized spacial score (nSPS) is 12.7. The van der Waals surface area contributed by atoms with Crippen LogP contribution < -0.4 is 26.8 Å². The highest BCUT2D eigenvalue weighted by molar-refractivity contribution is 5.98. The molecule has 0 aromatic carbocycles. The predicted molar refractivity (Wildman–Crippen MR) is 124 cm³/mol. The van der Waals surface area contributed by atoms with Crippen molar-refractivity contribution in [1.29, 1.82) is 0 Å². The maximum absolute atomic E-state index is 14.7. The summed E-state index contributed by atoms with van der Waals surface area (Å²) in [6.45, 7) is 4.36. The number of hydrogen-bond acceptors (Lipinski definition) is 10. The summed E-state index contributed by atoms with van der Waals surface area (Å²) < 4.78 is 25.3. The van der Waals surface area contributed by atoms with Gasteiger partial charge < -0.3 is 31.6 Å². The molecule has 13 heteroatoms. The Bertz CT molecular complexity index is 1110. The fourth-order valence-corrected chi connectivity index (χ4v) is 3.12. The van der Waals surface area contributed by atoms with Gasteiger partial charge in [-0.25, -0.2) is 14.4 Å². The summed E-state index contributed by atoms with van der Waals surface area (Å²) >= 11 is 0. The van der Waals surface area contributed by atoms with Gasteiger partial charge >= 0.3 is 0 Å². The molecule has 3 heterocycles. The lowest BCUT2D eigenvalue weighted by atomic mass is 10.1. The number of amides is 1. The SMILES string of the molecule is CC[C@@H](Nc1nc(Nc2cnc(OCCOC)c(-n3nccn3)c2)c(C(N)=O)cc1F)[C@H](C)N. The molecule has 0 fully saturated rings. The summed E-state index contributed by atoms with van der Waals surface area (Å²) in [5, 5.41) is 14.2. The van der Waals surface area contributed by atoms with Crippen molar-refractivity contribution in [2.75, 3.05) is 31.0 Å². The third kappa shape index (κ3) is 5.94. The Morgan fingerprint density at radius 2 is 1.97 bits per heavy atom. The summed E-state index contributed by atoms with van der Waals surface area (Å²) in [4.78, 5) is 21.9. The van der Waals surface area contributed by atoms with Crippen LogP contribution in [0.25, 0.3) is 5.69 Å². The van der Waals surface area contributed by atoms with E-state index in [1.54, 1.807) is 13.2 Å². The molecule has 3 aromatic heterocycles. The number of aromatic nitrogens is 5. The van der Waals surface area contributed by atoms with E-state index in [0.29, 0.717) is 24.4 Å². The number of pyridine rings is 2. The van der Waals surface area contributed by atoms with Crippen molar-refractivity contribution in [1.82, 2.24) is 25.0 Å². The van der Waals surface area contributed by atoms with Crippen LogP contribution >= 0.6 is 0 Å². The Kier molecular flexibility index (Phi) is 8.27. The van der Waals surface area contributed by atoms with Crippen molar-refractivity contribution >= 4 is 23.2 Å². The Labute approximate surface area is 195 Å². The zero-order valence-corrected chi connectivity index (χ0v) is 19.2. The number of nitrogens with one attached hydrogen (secondary N) is 2. The van der Waals surface area contributed by atoms with E-state index in [4.69, 9.17) is 20.9 Å². The predicted octanol–water partition coefficient (Wildman–Crippen LogP) is 1.60. The number of methoxy groups -OCH3 is 1. The van der Waals surface area contributed by atoms with Gasteiger partial charge in [-0.1, -0.05) is 6.92 Å². The van der Waals surface area contributed by atoms with Crippen LogP contribution in [0.1, 0.15) is 30.6 Å². The molecular formula is C21H28FN9O3. The van der Waals surface area contributed by atoms with Gasteiger partial charge in [0.2, 0.25) is 5.88 Å². The molecule has 0 radical (unpaired) electrons. The van der Waals surface area contributed by atoms with E-state index >= 15 is 0 Å². The van der Waals surface area contributed by atoms with Crippen molar-refractivity contribution in [2.45, 2.75) is 32.4 Å². The molecule has 0 bridgehead atoms. The number of carbonyl (C=O) groups is 1. The van der Waals surface area contributed by atoms with Crippen molar-refractivity contribution in [2.24, 2.45) is 11.5 Å². The minimum Gasteiger partial charge on any atom is -0.474 e. The maximum atomic E-state index is 14.7. The summed E-state index contributed by atoms with van der Waals surface area (Å²) in [7, 11) is 1.56. The molecule has 0 unspecified atom stereocenters. The van der Waals surface area contributed by atoms with Gasteiger partial charge in [-0.05, 0) is 25.5 Å². The highest BCUT2D eigenvalue weighted by Crippen LogP contribution is 2.28. The van der Waals surface area contributed by atoms with E-state index in [1.807, 2.05) is 13.8 Å². The maximum Gasteiger partial charge on any atom is 0.252 e. The molecule has 34 heavy (non-hydrogen) atoms. The smallest absolute Gasteiger partial charge is 0.252 e. The zero-order valence-electron chi connectivity index (χ0n) is 19.2. The second-order valence-corrected chi connectivity index (χ2v) is 7.43. The molecule has 6 N–H and O–H groups in total. The number of hydrogen-bond donors (Lipinski definition) is 4. The Balaban J connectivity index is 1.97. The standard InChI is InChI=1S/C21H28FN9O3/c1-4-16(12(2)23)29-20-15(22)10-14(18(24)32)19(30-20)28-13-9-17(31-26-5-6-27-31)21(25-11-13)34-8-7-33-3/h5-6,9-12,16H,4,7-8,23H2,1-3H3,(H2,24,32)(H2,28,29,30)/t12-,16+/m0/s1. The number of nitrogens with zero attached hydrogens (tertiary/aromatic N) is 5. The Morgan fingerprint density at radius 3 is 2.59 bits per heavy atom. The van der Waals surface area contributed by atoms with E-state index in [2.05, 4.69) is 30.8 Å². The first-order chi connectivity index (χ1) is 16.3. The molecule has 3 aromatic rings. The molecule has 0 aliphatic heterocycles. The molecule has 182 valence electrons. The fourth-order valence-electron chi connectivity index (χ4n) is 3.12. The minimum absolute atomic E-state index is 0.0464. The number of carbonyl (C=O) groups excluding carboxylic acids is 1. The lowest BCUT2D eigenvalue weighted by molar-refractivity contribution is 0.100. The second-order valence-electron chi connectivity index (χ2n) is 7.43. The van der Waals surface area contributed by atoms with Crippen molar-refractivity contribution in [3.05, 3.63) is 42.1 Å². The Hall–Kier alpha value is -3.84.